The van der Waals surface area contributed by atoms with Crippen LogP contribution in [0.25, 0.3) is 0 Å². The summed E-state index contributed by atoms with van der Waals surface area (Å²) in [6.07, 6.45) is 1.31. The van der Waals surface area contributed by atoms with Gasteiger partial charge in [-0.3, -0.25) is 13.9 Å². The Hall–Kier alpha value is -3.36. The van der Waals surface area contributed by atoms with Crippen LogP contribution in [0.5, 0.6) is 0 Å². The van der Waals surface area contributed by atoms with Crippen LogP contribution in [-0.4, -0.2) is 43.8 Å². The lowest BCUT2D eigenvalue weighted by molar-refractivity contribution is -0.139. The van der Waals surface area contributed by atoms with E-state index in [1.807, 2.05) is 45.9 Å². The second-order valence-corrected chi connectivity index (χ2v) is 12.3. The highest BCUT2D eigenvalue weighted by Gasteiger charge is 2.33. The van der Waals surface area contributed by atoms with Gasteiger partial charge in [0.25, 0.3) is 10.0 Å². The maximum atomic E-state index is 14.1. The molecule has 0 aliphatic carbocycles. The maximum Gasteiger partial charge on any atom is 0.264 e. The number of anilines is 1. The van der Waals surface area contributed by atoms with Crippen molar-refractivity contribution in [1.29, 1.82) is 0 Å². The molecule has 0 radical (unpaired) electrons. The van der Waals surface area contributed by atoms with Gasteiger partial charge in [0.2, 0.25) is 11.8 Å². The number of hydrogen-bond donors (Lipinski definition) is 1. The van der Waals surface area contributed by atoms with Gasteiger partial charge in [-0.2, -0.15) is 0 Å². The van der Waals surface area contributed by atoms with E-state index >= 15 is 0 Å². The Bertz CT molecular complexity index is 1430. The lowest BCUT2D eigenvalue weighted by atomic mass is 10.1. The minimum absolute atomic E-state index is 0.0760. The summed E-state index contributed by atoms with van der Waals surface area (Å²) in [5, 5.41) is 3.44. The SMILES string of the molecule is CCc1ccccc1N(CC(=O)N(Cc1cccc(Cl)c1)[C@@H](C)C(=O)N[C@H](C)CC)S(=O)(=O)c1ccc(C)cc1. The molecule has 0 fully saturated rings. The summed E-state index contributed by atoms with van der Waals surface area (Å²) < 4.78 is 29.2. The van der Waals surface area contributed by atoms with Crippen LogP contribution < -0.4 is 9.62 Å². The van der Waals surface area contributed by atoms with Crippen molar-refractivity contribution in [2.75, 3.05) is 10.8 Å². The Balaban J connectivity index is 2.06. The number of benzene rings is 3. The molecule has 0 saturated carbocycles. The zero-order valence-corrected chi connectivity index (χ0v) is 25.3. The second kappa shape index (κ2) is 13.8. The van der Waals surface area contributed by atoms with Gasteiger partial charge in [-0.25, -0.2) is 8.42 Å². The van der Waals surface area contributed by atoms with Crippen LogP contribution in [-0.2, 0) is 32.6 Å². The van der Waals surface area contributed by atoms with Crippen molar-refractivity contribution in [3.05, 3.63) is 94.5 Å². The van der Waals surface area contributed by atoms with E-state index in [2.05, 4.69) is 5.32 Å². The van der Waals surface area contributed by atoms with Gasteiger partial charge >= 0.3 is 0 Å². The molecule has 0 aliphatic rings. The summed E-state index contributed by atoms with van der Waals surface area (Å²) in [7, 11) is -4.12. The van der Waals surface area contributed by atoms with Crippen molar-refractivity contribution in [2.24, 2.45) is 0 Å². The lowest BCUT2D eigenvalue weighted by Crippen LogP contribution is -2.52. The smallest absolute Gasteiger partial charge is 0.264 e. The average molecular weight is 584 g/mol. The summed E-state index contributed by atoms with van der Waals surface area (Å²) in [6.45, 7) is 8.93. The third-order valence-corrected chi connectivity index (χ3v) is 8.95. The van der Waals surface area contributed by atoms with Crippen LogP contribution in [0.15, 0.2) is 77.7 Å². The molecular formula is C31H38ClN3O4S. The third kappa shape index (κ3) is 7.64. The van der Waals surface area contributed by atoms with Crippen molar-refractivity contribution in [3.63, 3.8) is 0 Å². The molecule has 214 valence electrons. The van der Waals surface area contributed by atoms with E-state index in [0.717, 1.165) is 27.4 Å². The number of aryl methyl sites for hydroxylation is 2. The third-order valence-electron chi connectivity index (χ3n) is 6.94. The van der Waals surface area contributed by atoms with E-state index in [9.17, 15) is 18.0 Å². The fraction of sp³-hybridized carbons (Fsp3) is 0.355. The molecular weight excluding hydrogens is 546 g/mol. The largest absolute Gasteiger partial charge is 0.352 e. The lowest BCUT2D eigenvalue weighted by Gasteiger charge is -2.33. The van der Waals surface area contributed by atoms with E-state index in [1.54, 1.807) is 61.5 Å². The summed E-state index contributed by atoms with van der Waals surface area (Å²) in [5.74, 6) is -0.819. The van der Waals surface area contributed by atoms with Crippen molar-refractivity contribution < 1.29 is 18.0 Å². The highest BCUT2D eigenvalue weighted by Crippen LogP contribution is 2.28. The van der Waals surface area contributed by atoms with Crippen LogP contribution >= 0.6 is 11.6 Å². The Morgan fingerprint density at radius 3 is 2.25 bits per heavy atom. The van der Waals surface area contributed by atoms with Gasteiger partial charge in [-0.1, -0.05) is 73.5 Å². The van der Waals surface area contributed by atoms with E-state index < -0.39 is 28.5 Å². The molecule has 0 spiro atoms. The van der Waals surface area contributed by atoms with Crippen LogP contribution in [0, 0.1) is 6.92 Å². The predicted molar refractivity (Wildman–Crippen MR) is 161 cm³/mol. The quantitative estimate of drug-likeness (QED) is 0.295. The first kappa shape index (κ1) is 31.2. The molecule has 0 unspecified atom stereocenters. The monoisotopic (exact) mass is 583 g/mol. The van der Waals surface area contributed by atoms with Gasteiger partial charge in [-0.15, -0.1) is 0 Å². The molecule has 7 nitrogen and oxygen atoms in total. The van der Waals surface area contributed by atoms with E-state index in [-0.39, 0.29) is 23.4 Å². The molecule has 40 heavy (non-hydrogen) atoms. The molecule has 2 atom stereocenters. The molecule has 0 bridgehead atoms. The van der Waals surface area contributed by atoms with Gasteiger partial charge in [0.15, 0.2) is 0 Å². The molecule has 9 heteroatoms. The molecule has 3 rings (SSSR count). The number of hydrogen-bond acceptors (Lipinski definition) is 4. The number of carbonyl (C=O) groups excluding carboxylic acids is 2. The van der Waals surface area contributed by atoms with Crippen molar-refractivity contribution >= 4 is 39.1 Å². The fourth-order valence-electron chi connectivity index (χ4n) is 4.28. The number of nitrogens with zero attached hydrogens (tertiary/aromatic N) is 2. The predicted octanol–water partition coefficient (Wildman–Crippen LogP) is 5.74. The van der Waals surface area contributed by atoms with E-state index in [0.29, 0.717) is 17.1 Å². The van der Waals surface area contributed by atoms with Crippen LogP contribution in [0.3, 0.4) is 0 Å². The minimum Gasteiger partial charge on any atom is -0.352 e. The summed E-state index contributed by atoms with van der Waals surface area (Å²) >= 11 is 6.20. The molecule has 1 N–H and O–H groups in total. The molecule has 2 amide bonds. The van der Waals surface area contributed by atoms with Gasteiger partial charge in [0.05, 0.1) is 10.6 Å². The highest BCUT2D eigenvalue weighted by molar-refractivity contribution is 7.92. The zero-order chi connectivity index (χ0) is 29.4. The second-order valence-electron chi connectivity index (χ2n) is 9.95. The standard InChI is InChI=1S/C31H38ClN3O4S/c1-6-23(4)33-31(37)24(5)34(20-25-11-10-13-27(32)19-25)30(36)21-35(29-14-9-8-12-26(29)7-2)40(38,39)28-17-15-22(3)16-18-28/h8-19,23-24H,6-7,20-21H2,1-5H3,(H,33,37)/t23-,24+/m1/s1. The van der Waals surface area contributed by atoms with E-state index in [4.69, 9.17) is 11.6 Å². The topological polar surface area (TPSA) is 86.8 Å². The highest BCUT2D eigenvalue weighted by atomic mass is 35.5. The first-order chi connectivity index (χ1) is 19.0. The van der Waals surface area contributed by atoms with Crippen LogP contribution in [0.4, 0.5) is 5.69 Å². The first-order valence-corrected chi connectivity index (χ1v) is 15.3. The molecule has 0 heterocycles. The van der Waals surface area contributed by atoms with Gasteiger partial charge in [0.1, 0.15) is 12.6 Å². The van der Waals surface area contributed by atoms with E-state index in [1.165, 1.54) is 4.90 Å². The molecule has 3 aromatic carbocycles. The van der Waals surface area contributed by atoms with Gasteiger partial charge in [0, 0.05) is 17.6 Å². The van der Waals surface area contributed by atoms with Crippen LogP contribution in [0.1, 0.15) is 50.8 Å². The maximum absolute atomic E-state index is 14.1. The number of rotatable bonds is 12. The van der Waals surface area contributed by atoms with Crippen molar-refractivity contribution in [3.8, 4) is 0 Å². The zero-order valence-electron chi connectivity index (χ0n) is 23.7. The van der Waals surface area contributed by atoms with Crippen molar-refractivity contribution in [1.82, 2.24) is 10.2 Å². The number of nitrogens with one attached hydrogen (secondary N) is 1. The van der Waals surface area contributed by atoms with Gasteiger partial charge < -0.3 is 10.2 Å². The number of amides is 2. The number of para-hydroxylation sites is 1. The number of sulfonamides is 1. The minimum atomic E-state index is -4.12. The fourth-order valence-corrected chi connectivity index (χ4v) is 5.95. The summed E-state index contributed by atoms with van der Waals surface area (Å²) in [6, 6.07) is 19.8. The summed E-state index contributed by atoms with van der Waals surface area (Å²) in [4.78, 5) is 28.7. The van der Waals surface area contributed by atoms with Crippen molar-refractivity contribution in [2.45, 2.75) is 71.0 Å². The normalized spacial score (nSPS) is 12.8. The number of halogens is 1. The Labute approximate surface area is 243 Å². The van der Waals surface area contributed by atoms with Crippen LogP contribution in [0.2, 0.25) is 5.02 Å². The Morgan fingerprint density at radius 1 is 0.950 bits per heavy atom. The molecule has 3 aromatic rings. The Kier molecular flexibility index (Phi) is 10.8. The number of carbonyl (C=O) groups is 2. The first-order valence-electron chi connectivity index (χ1n) is 13.5. The molecule has 0 aromatic heterocycles. The summed E-state index contributed by atoms with van der Waals surface area (Å²) in [5.41, 5.74) is 2.86. The average Bonchev–Trinajstić information content (AvgIpc) is 2.94. The molecule has 0 saturated heterocycles. The van der Waals surface area contributed by atoms with Gasteiger partial charge in [-0.05, 0) is 75.1 Å². The molecule has 0 aliphatic heterocycles. The Morgan fingerprint density at radius 2 is 1.62 bits per heavy atom.